The molecule has 1 aliphatic rings. The molecule has 1 N–H and O–H groups in total. The highest BCUT2D eigenvalue weighted by Gasteiger charge is 2.35. The summed E-state index contributed by atoms with van der Waals surface area (Å²) in [6, 6.07) is 0. The van der Waals surface area contributed by atoms with E-state index in [9.17, 15) is 9.59 Å². The molecule has 5 heteroatoms. The average Bonchev–Trinajstić information content (AvgIpc) is 2.51. The van der Waals surface area contributed by atoms with Crippen LogP contribution < -0.4 is 0 Å². The van der Waals surface area contributed by atoms with Gasteiger partial charge in [0.25, 0.3) is 0 Å². The Bertz CT molecular complexity index is 200. The van der Waals surface area contributed by atoms with Crippen LogP contribution in [0.15, 0.2) is 0 Å². The van der Waals surface area contributed by atoms with Gasteiger partial charge in [-0.25, -0.2) is 4.79 Å². The van der Waals surface area contributed by atoms with Crippen LogP contribution in [-0.4, -0.2) is 36.9 Å². The van der Waals surface area contributed by atoms with Crippen molar-refractivity contribution in [3.8, 4) is 0 Å². The molecular formula is C7H10O5. The van der Waals surface area contributed by atoms with Gasteiger partial charge >= 0.3 is 11.9 Å². The molecule has 0 amide bonds. The predicted octanol–water partition coefficient (Wildman–Crippen LogP) is -0.351. The van der Waals surface area contributed by atoms with Crippen molar-refractivity contribution >= 4 is 11.9 Å². The molecular weight excluding hydrogens is 164 g/mol. The second-order valence-corrected chi connectivity index (χ2v) is 2.62. The molecule has 1 fully saturated rings. The number of carbonyl (C=O) groups is 2. The van der Waals surface area contributed by atoms with Crippen molar-refractivity contribution < 1.29 is 24.2 Å². The van der Waals surface area contributed by atoms with Gasteiger partial charge in [-0.2, -0.15) is 0 Å². The summed E-state index contributed by atoms with van der Waals surface area (Å²) in [5, 5.41) is 8.51. The Morgan fingerprint density at radius 2 is 2.25 bits per heavy atom. The van der Waals surface area contributed by atoms with Crippen LogP contribution in [0, 0.1) is 5.92 Å². The number of aliphatic carboxylic acids is 1. The lowest BCUT2D eigenvalue weighted by molar-refractivity contribution is -0.147. The van der Waals surface area contributed by atoms with Gasteiger partial charge in [-0.05, 0) is 6.42 Å². The Morgan fingerprint density at radius 1 is 1.58 bits per heavy atom. The quantitative estimate of drug-likeness (QED) is 0.579. The smallest absolute Gasteiger partial charge is 0.332 e. The fourth-order valence-electron chi connectivity index (χ4n) is 1.13. The third kappa shape index (κ3) is 1.73. The lowest BCUT2D eigenvalue weighted by Crippen LogP contribution is -2.20. The first-order chi connectivity index (χ1) is 5.65. The number of carboxylic acid groups (broad SMARTS) is 1. The van der Waals surface area contributed by atoms with E-state index in [1.807, 2.05) is 0 Å². The van der Waals surface area contributed by atoms with Gasteiger partial charge in [-0.1, -0.05) is 0 Å². The van der Waals surface area contributed by atoms with E-state index in [2.05, 4.69) is 4.74 Å². The Balaban J connectivity index is 2.45. The molecule has 68 valence electrons. The SMILES string of the molecule is COC(=O)[C@@H]1CO[C@@H](C(=O)O)C1. The van der Waals surface area contributed by atoms with Crippen LogP contribution in [0.5, 0.6) is 0 Å². The van der Waals surface area contributed by atoms with Crippen LogP contribution in [0.1, 0.15) is 6.42 Å². The molecule has 0 saturated carbocycles. The van der Waals surface area contributed by atoms with Gasteiger partial charge in [0.2, 0.25) is 0 Å². The maximum Gasteiger partial charge on any atom is 0.332 e. The summed E-state index contributed by atoms with van der Waals surface area (Å²) in [6.07, 6.45) is -0.642. The highest BCUT2D eigenvalue weighted by Crippen LogP contribution is 2.20. The molecule has 0 spiro atoms. The fraction of sp³-hybridized carbons (Fsp3) is 0.714. The standard InChI is InChI=1S/C7H10O5/c1-11-7(10)4-2-5(6(8)9)12-3-4/h4-5H,2-3H2,1H3,(H,8,9)/t4-,5+/m0/s1. The number of methoxy groups -OCH3 is 1. The summed E-state index contributed by atoms with van der Waals surface area (Å²) in [7, 11) is 1.27. The Morgan fingerprint density at radius 3 is 2.67 bits per heavy atom. The highest BCUT2D eigenvalue weighted by molar-refractivity contribution is 5.77. The third-order valence-corrected chi connectivity index (χ3v) is 1.81. The van der Waals surface area contributed by atoms with Crippen LogP contribution >= 0.6 is 0 Å². The monoisotopic (exact) mass is 174 g/mol. The van der Waals surface area contributed by atoms with Crippen LogP contribution in [0.3, 0.4) is 0 Å². The van der Waals surface area contributed by atoms with Crippen molar-refractivity contribution in [2.75, 3.05) is 13.7 Å². The molecule has 1 rings (SSSR count). The van der Waals surface area contributed by atoms with Crippen LogP contribution in [0.4, 0.5) is 0 Å². The Kier molecular flexibility index (Phi) is 2.65. The molecule has 0 aromatic carbocycles. The molecule has 0 unspecified atom stereocenters. The number of carboxylic acids is 1. The lowest BCUT2D eigenvalue weighted by Gasteiger charge is -2.02. The second kappa shape index (κ2) is 3.53. The summed E-state index contributed by atoms with van der Waals surface area (Å²) in [6.45, 7) is 0.143. The van der Waals surface area contributed by atoms with E-state index in [1.165, 1.54) is 7.11 Å². The predicted molar refractivity (Wildman–Crippen MR) is 37.5 cm³/mol. The minimum atomic E-state index is -1.03. The summed E-state index contributed by atoms with van der Waals surface area (Å²) in [4.78, 5) is 21.3. The molecule has 0 radical (unpaired) electrons. The summed E-state index contributed by atoms with van der Waals surface area (Å²) in [5.41, 5.74) is 0. The summed E-state index contributed by atoms with van der Waals surface area (Å²) in [5.74, 6) is -1.85. The summed E-state index contributed by atoms with van der Waals surface area (Å²) < 4.78 is 9.30. The zero-order valence-corrected chi connectivity index (χ0v) is 6.65. The highest BCUT2D eigenvalue weighted by atomic mass is 16.5. The van der Waals surface area contributed by atoms with E-state index in [0.717, 1.165) is 0 Å². The Hall–Kier alpha value is -1.10. The molecule has 0 aliphatic carbocycles. The number of esters is 1. The van der Waals surface area contributed by atoms with E-state index in [0.29, 0.717) is 0 Å². The van der Waals surface area contributed by atoms with E-state index < -0.39 is 24.0 Å². The van der Waals surface area contributed by atoms with E-state index >= 15 is 0 Å². The average molecular weight is 174 g/mol. The first-order valence-electron chi connectivity index (χ1n) is 3.57. The number of carbonyl (C=O) groups excluding carboxylic acids is 1. The maximum atomic E-state index is 10.9. The molecule has 1 heterocycles. The topological polar surface area (TPSA) is 72.8 Å². The van der Waals surface area contributed by atoms with E-state index in [4.69, 9.17) is 9.84 Å². The molecule has 0 bridgehead atoms. The van der Waals surface area contributed by atoms with Crippen LogP contribution in [0.25, 0.3) is 0 Å². The van der Waals surface area contributed by atoms with Crippen molar-refractivity contribution in [1.82, 2.24) is 0 Å². The molecule has 2 atom stereocenters. The first-order valence-corrected chi connectivity index (χ1v) is 3.57. The number of hydrogen-bond acceptors (Lipinski definition) is 4. The Labute approximate surface area is 69.3 Å². The van der Waals surface area contributed by atoms with Gasteiger partial charge in [-0.15, -0.1) is 0 Å². The van der Waals surface area contributed by atoms with Gasteiger partial charge < -0.3 is 14.6 Å². The zero-order valence-electron chi connectivity index (χ0n) is 6.65. The van der Waals surface area contributed by atoms with Crippen LogP contribution in [-0.2, 0) is 19.1 Å². The van der Waals surface area contributed by atoms with Crippen molar-refractivity contribution in [2.45, 2.75) is 12.5 Å². The van der Waals surface area contributed by atoms with Gasteiger partial charge in [-0.3, -0.25) is 4.79 Å². The number of rotatable bonds is 2. The number of hydrogen-bond donors (Lipinski definition) is 1. The zero-order chi connectivity index (χ0) is 9.14. The van der Waals surface area contributed by atoms with Gasteiger partial charge in [0.1, 0.15) is 0 Å². The van der Waals surface area contributed by atoms with E-state index in [1.54, 1.807) is 0 Å². The van der Waals surface area contributed by atoms with Crippen molar-refractivity contribution in [2.24, 2.45) is 5.92 Å². The summed E-state index contributed by atoms with van der Waals surface area (Å²) >= 11 is 0. The second-order valence-electron chi connectivity index (χ2n) is 2.62. The van der Waals surface area contributed by atoms with Crippen molar-refractivity contribution in [1.29, 1.82) is 0 Å². The minimum absolute atomic E-state index is 0.143. The minimum Gasteiger partial charge on any atom is -0.479 e. The van der Waals surface area contributed by atoms with E-state index in [-0.39, 0.29) is 13.0 Å². The largest absolute Gasteiger partial charge is 0.479 e. The molecule has 12 heavy (non-hydrogen) atoms. The third-order valence-electron chi connectivity index (χ3n) is 1.81. The molecule has 1 aliphatic heterocycles. The lowest BCUT2D eigenvalue weighted by atomic mass is 10.1. The van der Waals surface area contributed by atoms with Gasteiger partial charge in [0, 0.05) is 0 Å². The normalized spacial score (nSPS) is 28.4. The van der Waals surface area contributed by atoms with Gasteiger partial charge in [0.05, 0.1) is 19.6 Å². The fourth-order valence-corrected chi connectivity index (χ4v) is 1.13. The van der Waals surface area contributed by atoms with Crippen molar-refractivity contribution in [3.05, 3.63) is 0 Å². The molecule has 5 nitrogen and oxygen atoms in total. The van der Waals surface area contributed by atoms with Gasteiger partial charge in [0.15, 0.2) is 6.10 Å². The number of ether oxygens (including phenoxy) is 2. The maximum absolute atomic E-state index is 10.9. The molecule has 1 saturated heterocycles. The van der Waals surface area contributed by atoms with Crippen LogP contribution in [0.2, 0.25) is 0 Å². The molecule has 0 aromatic rings. The van der Waals surface area contributed by atoms with Crippen molar-refractivity contribution in [3.63, 3.8) is 0 Å². The first kappa shape index (κ1) is 8.99. The molecule has 0 aromatic heterocycles.